The maximum atomic E-state index is 11.9. The van der Waals surface area contributed by atoms with Crippen LogP contribution in [0.2, 0.25) is 0 Å². The Morgan fingerprint density at radius 2 is 2.04 bits per heavy atom. The van der Waals surface area contributed by atoms with Crippen LogP contribution < -0.4 is 10.6 Å². The summed E-state index contributed by atoms with van der Waals surface area (Å²) in [4.78, 5) is 11.9. The summed E-state index contributed by atoms with van der Waals surface area (Å²) in [6.07, 6.45) is 5.61. The van der Waals surface area contributed by atoms with Crippen molar-refractivity contribution < 1.29 is 14.6 Å². The Bertz CT molecular complexity index is 505. The molecule has 1 atom stereocenters. The van der Waals surface area contributed by atoms with Gasteiger partial charge in [-0.2, -0.15) is 0 Å². The molecule has 1 aliphatic rings. The molecule has 2 amide bonds. The fourth-order valence-corrected chi connectivity index (χ4v) is 2.90. The number of fused-ring (bicyclic) bond motifs is 1. The minimum atomic E-state index is -0.155. The molecule has 0 heterocycles. The highest BCUT2D eigenvalue weighted by atomic mass is 16.5. The van der Waals surface area contributed by atoms with E-state index in [2.05, 4.69) is 28.8 Å². The third-order valence-corrected chi connectivity index (χ3v) is 4.21. The smallest absolute Gasteiger partial charge is 0.315 e. The Morgan fingerprint density at radius 1 is 1.26 bits per heavy atom. The number of carbonyl (C=O) groups excluding carboxylic acids is 1. The summed E-state index contributed by atoms with van der Waals surface area (Å²) >= 11 is 0. The number of hydrogen-bond donors (Lipinski definition) is 3. The van der Waals surface area contributed by atoms with Gasteiger partial charge in [0.25, 0.3) is 0 Å². The number of carbonyl (C=O) groups is 1. The summed E-state index contributed by atoms with van der Waals surface area (Å²) < 4.78 is 5.15. The van der Waals surface area contributed by atoms with Gasteiger partial charge in [0.2, 0.25) is 0 Å². The van der Waals surface area contributed by atoms with Crippen LogP contribution in [0.15, 0.2) is 18.2 Å². The van der Waals surface area contributed by atoms with Crippen LogP contribution in [0.5, 0.6) is 0 Å². The zero-order chi connectivity index (χ0) is 16.5. The number of benzene rings is 1. The standard InChI is InChI=1S/C18H28N2O3/c1-14(20-18(22)19-9-4-11-23-12-10-21)16-8-7-15-5-2-3-6-17(15)13-16/h7-8,13-14,21H,2-6,9-12H2,1H3,(H2,19,20,22). The monoisotopic (exact) mass is 320 g/mol. The Kier molecular flexibility index (Phi) is 7.36. The van der Waals surface area contributed by atoms with Gasteiger partial charge in [-0.3, -0.25) is 0 Å². The molecule has 23 heavy (non-hydrogen) atoms. The zero-order valence-corrected chi connectivity index (χ0v) is 13.9. The van der Waals surface area contributed by atoms with Crippen molar-refractivity contribution in [3.8, 4) is 0 Å². The van der Waals surface area contributed by atoms with Gasteiger partial charge in [0.05, 0.1) is 19.3 Å². The second-order valence-corrected chi connectivity index (χ2v) is 6.05. The highest BCUT2D eigenvalue weighted by molar-refractivity contribution is 5.74. The highest BCUT2D eigenvalue weighted by Gasteiger charge is 2.13. The lowest BCUT2D eigenvalue weighted by Crippen LogP contribution is -2.37. The summed E-state index contributed by atoms with van der Waals surface area (Å²) in [5, 5.41) is 14.4. The van der Waals surface area contributed by atoms with Crippen LogP contribution in [0.3, 0.4) is 0 Å². The number of aliphatic hydroxyl groups is 1. The molecule has 3 N–H and O–H groups in total. The van der Waals surface area contributed by atoms with Crippen molar-refractivity contribution in [3.63, 3.8) is 0 Å². The SMILES string of the molecule is CC(NC(=O)NCCCOCCO)c1ccc2c(c1)CCCC2. The molecule has 2 rings (SSSR count). The number of ether oxygens (including phenoxy) is 1. The van der Waals surface area contributed by atoms with Gasteiger partial charge >= 0.3 is 6.03 Å². The number of nitrogens with one attached hydrogen (secondary N) is 2. The maximum Gasteiger partial charge on any atom is 0.315 e. The molecule has 1 unspecified atom stereocenters. The first-order valence-corrected chi connectivity index (χ1v) is 8.55. The van der Waals surface area contributed by atoms with Gasteiger partial charge in [-0.05, 0) is 55.7 Å². The molecule has 128 valence electrons. The minimum absolute atomic E-state index is 0.00661. The average molecular weight is 320 g/mol. The minimum Gasteiger partial charge on any atom is -0.394 e. The topological polar surface area (TPSA) is 70.6 Å². The molecule has 0 bridgehead atoms. The van der Waals surface area contributed by atoms with E-state index in [4.69, 9.17) is 9.84 Å². The summed E-state index contributed by atoms with van der Waals surface area (Å²) in [6.45, 7) is 3.50. The molecule has 1 aromatic carbocycles. The molecular weight excluding hydrogens is 292 g/mol. The molecule has 0 spiro atoms. The lowest BCUT2D eigenvalue weighted by atomic mass is 9.89. The van der Waals surface area contributed by atoms with Crippen LogP contribution in [0, 0.1) is 0 Å². The largest absolute Gasteiger partial charge is 0.394 e. The molecule has 0 aliphatic heterocycles. The van der Waals surface area contributed by atoms with Gasteiger partial charge in [0, 0.05) is 13.2 Å². The number of rotatable bonds is 8. The van der Waals surface area contributed by atoms with Crippen molar-refractivity contribution in [3.05, 3.63) is 34.9 Å². The summed E-state index contributed by atoms with van der Waals surface area (Å²) in [5.74, 6) is 0. The molecule has 0 radical (unpaired) electrons. The molecule has 5 nitrogen and oxygen atoms in total. The molecule has 0 saturated heterocycles. The van der Waals surface area contributed by atoms with E-state index >= 15 is 0 Å². The normalized spacial score (nSPS) is 14.9. The van der Waals surface area contributed by atoms with Gasteiger partial charge in [-0.1, -0.05) is 18.2 Å². The van der Waals surface area contributed by atoms with Crippen molar-refractivity contribution in [2.75, 3.05) is 26.4 Å². The van der Waals surface area contributed by atoms with E-state index in [9.17, 15) is 4.79 Å². The predicted molar refractivity (Wildman–Crippen MR) is 90.6 cm³/mol. The second kappa shape index (κ2) is 9.53. The lowest BCUT2D eigenvalue weighted by Gasteiger charge is -2.20. The van der Waals surface area contributed by atoms with E-state index in [0.29, 0.717) is 19.8 Å². The molecule has 0 saturated carbocycles. The van der Waals surface area contributed by atoms with Gasteiger partial charge in [0.1, 0.15) is 0 Å². The third kappa shape index (κ3) is 5.84. The van der Waals surface area contributed by atoms with Gasteiger partial charge in [-0.15, -0.1) is 0 Å². The van der Waals surface area contributed by atoms with Crippen LogP contribution in [-0.4, -0.2) is 37.5 Å². The molecule has 5 heteroatoms. The third-order valence-electron chi connectivity index (χ3n) is 4.21. The number of aryl methyl sites for hydroxylation is 2. The number of aliphatic hydroxyl groups excluding tert-OH is 1. The van der Waals surface area contributed by atoms with Crippen molar-refractivity contribution in [1.29, 1.82) is 0 Å². The Morgan fingerprint density at radius 3 is 2.83 bits per heavy atom. The summed E-state index contributed by atoms with van der Waals surface area (Å²) in [6, 6.07) is 6.41. The quantitative estimate of drug-likeness (QED) is 0.644. The van der Waals surface area contributed by atoms with Crippen molar-refractivity contribution >= 4 is 6.03 Å². The first-order chi connectivity index (χ1) is 11.2. The second-order valence-electron chi connectivity index (χ2n) is 6.05. The van der Waals surface area contributed by atoms with Crippen LogP contribution in [0.4, 0.5) is 4.79 Å². The van der Waals surface area contributed by atoms with E-state index in [1.54, 1.807) is 0 Å². The lowest BCUT2D eigenvalue weighted by molar-refractivity contribution is 0.0909. The fourth-order valence-electron chi connectivity index (χ4n) is 2.90. The van der Waals surface area contributed by atoms with Crippen LogP contribution in [0.25, 0.3) is 0 Å². The zero-order valence-electron chi connectivity index (χ0n) is 13.9. The van der Waals surface area contributed by atoms with Crippen molar-refractivity contribution in [1.82, 2.24) is 10.6 Å². The molecular formula is C18H28N2O3. The van der Waals surface area contributed by atoms with Crippen LogP contribution in [0.1, 0.15) is 48.9 Å². The van der Waals surface area contributed by atoms with E-state index in [-0.39, 0.29) is 18.7 Å². The fraction of sp³-hybridized carbons (Fsp3) is 0.611. The Hall–Kier alpha value is -1.59. The first-order valence-electron chi connectivity index (χ1n) is 8.55. The summed E-state index contributed by atoms with van der Waals surface area (Å²) in [5.41, 5.74) is 4.05. The Balaban J connectivity index is 1.73. The predicted octanol–water partition coefficient (Wildman–Crippen LogP) is 2.32. The van der Waals surface area contributed by atoms with Gasteiger partial charge in [0.15, 0.2) is 0 Å². The number of urea groups is 1. The van der Waals surface area contributed by atoms with E-state index in [1.807, 2.05) is 6.92 Å². The van der Waals surface area contributed by atoms with Crippen molar-refractivity contribution in [2.45, 2.75) is 45.1 Å². The average Bonchev–Trinajstić information content (AvgIpc) is 2.57. The van der Waals surface area contributed by atoms with E-state index in [0.717, 1.165) is 18.4 Å². The van der Waals surface area contributed by atoms with Crippen LogP contribution in [-0.2, 0) is 17.6 Å². The first kappa shape index (κ1) is 17.8. The van der Waals surface area contributed by atoms with Gasteiger partial charge in [-0.25, -0.2) is 4.79 Å². The Labute approximate surface area is 138 Å². The van der Waals surface area contributed by atoms with Gasteiger partial charge < -0.3 is 20.5 Å². The van der Waals surface area contributed by atoms with Crippen molar-refractivity contribution in [2.24, 2.45) is 0 Å². The molecule has 0 fully saturated rings. The number of amides is 2. The highest BCUT2D eigenvalue weighted by Crippen LogP contribution is 2.24. The number of hydrogen-bond acceptors (Lipinski definition) is 3. The molecule has 1 aromatic rings. The van der Waals surface area contributed by atoms with E-state index < -0.39 is 0 Å². The molecule has 0 aromatic heterocycles. The maximum absolute atomic E-state index is 11.9. The molecule has 1 aliphatic carbocycles. The van der Waals surface area contributed by atoms with Crippen LogP contribution >= 0.6 is 0 Å². The van der Waals surface area contributed by atoms with E-state index in [1.165, 1.54) is 30.4 Å². The summed E-state index contributed by atoms with van der Waals surface area (Å²) in [7, 11) is 0.